The van der Waals surface area contributed by atoms with Crippen LogP contribution in [0.3, 0.4) is 0 Å². The highest BCUT2D eigenvalue weighted by Crippen LogP contribution is 2.39. The van der Waals surface area contributed by atoms with Crippen LogP contribution in [0, 0.1) is 6.92 Å². The van der Waals surface area contributed by atoms with Crippen molar-refractivity contribution in [1.29, 1.82) is 0 Å². The summed E-state index contributed by atoms with van der Waals surface area (Å²) in [6.45, 7) is 3.23. The first-order valence-electron chi connectivity index (χ1n) is 8.45. The molecule has 28 heavy (non-hydrogen) atoms. The molecule has 2 aromatic rings. The van der Waals surface area contributed by atoms with Gasteiger partial charge in [0.2, 0.25) is 11.6 Å². The number of rotatable bonds is 5. The predicted molar refractivity (Wildman–Crippen MR) is 103 cm³/mol. The number of carbonyl (C=O) groups is 2. The van der Waals surface area contributed by atoms with Gasteiger partial charge in [-0.05, 0) is 42.8 Å². The van der Waals surface area contributed by atoms with Gasteiger partial charge in [-0.3, -0.25) is 4.79 Å². The van der Waals surface area contributed by atoms with Crippen LogP contribution in [0.25, 0.3) is 6.08 Å². The minimum absolute atomic E-state index is 0.140. The van der Waals surface area contributed by atoms with Crippen molar-refractivity contribution in [1.82, 2.24) is 0 Å². The highest BCUT2D eigenvalue weighted by molar-refractivity contribution is 6.12. The standard InChI is InChI=1S/C21H19NO6/c1-12-6-5-7-15(8-12)20-22-16(21(24)28-20)9-14-10-17(25-3)19(27-13(2)23)18(11-14)26-4/h5-11H,1-4H3. The Morgan fingerprint density at radius 2 is 1.79 bits per heavy atom. The topological polar surface area (TPSA) is 83.4 Å². The Morgan fingerprint density at radius 3 is 2.36 bits per heavy atom. The molecular weight excluding hydrogens is 362 g/mol. The average Bonchev–Trinajstić information content (AvgIpc) is 3.02. The fraction of sp³-hybridized carbons (Fsp3) is 0.190. The summed E-state index contributed by atoms with van der Waals surface area (Å²) in [7, 11) is 2.88. The van der Waals surface area contributed by atoms with Gasteiger partial charge in [0.25, 0.3) is 0 Å². The number of benzene rings is 2. The quantitative estimate of drug-likeness (QED) is 0.449. The normalized spacial score (nSPS) is 14.5. The van der Waals surface area contributed by atoms with Crippen molar-refractivity contribution in [2.75, 3.05) is 14.2 Å². The fourth-order valence-corrected chi connectivity index (χ4v) is 2.70. The lowest BCUT2D eigenvalue weighted by atomic mass is 10.1. The Balaban J connectivity index is 2.00. The second-order valence-electron chi connectivity index (χ2n) is 6.05. The van der Waals surface area contributed by atoms with E-state index in [1.54, 1.807) is 18.2 Å². The van der Waals surface area contributed by atoms with Gasteiger partial charge in [-0.1, -0.05) is 17.7 Å². The van der Waals surface area contributed by atoms with Crippen LogP contribution in [0.2, 0.25) is 0 Å². The number of methoxy groups -OCH3 is 2. The van der Waals surface area contributed by atoms with Gasteiger partial charge in [0.15, 0.2) is 17.2 Å². The van der Waals surface area contributed by atoms with E-state index in [2.05, 4.69) is 4.99 Å². The first-order chi connectivity index (χ1) is 13.4. The molecule has 0 saturated carbocycles. The summed E-state index contributed by atoms with van der Waals surface area (Å²) in [5.74, 6) is -0.0766. The van der Waals surface area contributed by atoms with Crippen LogP contribution in [-0.2, 0) is 14.3 Å². The fourth-order valence-electron chi connectivity index (χ4n) is 2.70. The molecule has 0 bridgehead atoms. The molecule has 0 amide bonds. The monoisotopic (exact) mass is 381 g/mol. The van der Waals surface area contributed by atoms with E-state index in [-0.39, 0.29) is 28.8 Å². The molecule has 2 aromatic carbocycles. The largest absolute Gasteiger partial charge is 0.493 e. The van der Waals surface area contributed by atoms with Gasteiger partial charge in [0, 0.05) is 12.5 Å². The van der Waals surface area contributed by atoms with Gasteiger partial charge in [-0.25, -0.2) is 9.79 Å². The third-order valence-electron chi connectivity index (χ3n) is 3.92. The summed E-state index contributed by atoms with van der Waals surface area (Å²) in [6.07, 6.45) is 1.55. The van der Waals surface area contributed by atoms with E-state index in [0.717, 1.165) is 11.1 Å². The maximum absolute atomic E-state index is 12.2. The molecule has 7 nitrogen and oxygen atoms in total. The Hall–Kier alpha value is -3.61. The molecule has 0 aliphatic carbocycles. The summed E-state index contributed by atoms with van der Waals surface area (Å²) < 4.78 is 21.0. The Labute approximate surface area is 162 Å². The zero-order valence-electron chi connectivity index (χ0n) is 15.9. The molecule has 1 aliphatic rings. The number of hydrogen-bond acceptors (Lipinski definition) is 7. The second kappa shape index (κ2) is 7.96. The predicted octanol–water partition coefficient (Wildman–Crippen LogP) is 3.28. The molecule has 144 valence electrons. The lowest BCUT2D eigenvalue weighted by Gasteiger charge is -2.13. The number of ether oxygens (including phenoxy) is 4. The van der Waals surface area contributed by atoms with Crippen LogP contribution in [0.15, 0.2) is 47.1 Å². The molecular formula is C21H19NO6. The number of esters is 2. The minimum Gasteiger partial charge on any atom is -0.493 e. The van der Waals surface area contributed by atoms with Crippen molar-refractivity contribution in [2.24, 2.45) is 4.99 Å². The highest BCUT2D eigenvalue weighted by atomic mass is 16.6. The molecule has 0 radical (unpaired) electrons. The Morgan fingerprint density at radius 1 is 1.11 bits per heavy atom. The van der Waals surface area contributed by atoms with Gasteiger partial charge in [0.05, 0.1) is 14.2 Å². The molecule has 1 heterocycles. The van der Waals surface area contributed by atoms with Crippen molar-refractivity contribution < 1.29 is 28.5 Å². The van der Waals surface area contributed by atoms with Gasteiger partial charge in [-0.15, -0.1) is 0 Å². The molecule has 0 atom stereocenters. The lowest BCUT2D eigenvalue weighted by Crippen LogP contribution is -2.06. The SMILES string of the molecule is COc1cc(C=C2N=C(c3cccc(C)c3)OC2=O)cc(OC)c1OC(C)=O. The van der Waals surface area contributed by atoms with Crippen LogP contribution in [0.4, 0.5) is 0 Å². The number of hydrogen-bond donors (Lipinski definition) is 0. The molecule has 0 fully saturated rings. The van der Waals surface area contributed by atoms with E-state index in [4.69, 9.17) is 18.9 Å². The molecule has 1 aliphatic heterocycles. The summed E-state index contributed by atoms with van der Waals surface area (Å²) >= 11 is 0. The zero-order chi connectivity index (χ0) is 20.3. The number of cyclic esters (lactones) is 1. The van der Waals surface area contributed by atoms with E-state index >= 15 is 0 Å². The minimum atomic E-state index is -0.557. The molecule has 7 heteroatoms. The maximum Gasteiger partial charge on any atom is 0.363 e. The van der Waals surface area contributed by atoms with Crippen LogP contribution >= 0.6 is 0 Å². The van der Waals surface area contributed by atoms with Gasteiger partial charge in [0.1, 0.15) is 0 Å². The smallest absolute Gasteiger partial charge is 0.363 e. The van der Waals surface area contributed by atoms with Crippen molar-refractivity contribution >= 4 is 23.9 Å². The lowest BCUT2D eigenvalue weighted by molar-refractivity contribution is -0.132. The zero-order valence-corrected chi connectivity index (χ0v) is 15.9. The summed E-state index contributed by atoms with van der Waals surface area (Å²) in [6, 6.07) is 10.7. The van der Waals surface area contributed by atoms with Gasteiger partial charge in [-0.2, -0.15) is 0 Å². The van der Waals surface area contributed by atoms with Gasteiger partial charge < -0.3 is 18.9 Å². The molecule has 0 N–H and O–H groups in total. The van der Waals surface area contributed by atoms with E-state index < -0.39 is 11.9 Å². The maximum atomic E-state index is 12.2. The highest BCUT2D eigenvalue weighted by Gasteiger charge is 2.25. The summed E-state index contributed by atoms with van der Waals surface area (Å²) in [5, 5.41) is 0. The molecule has 0 unspecified atom stereocenters. The third-order valence-corrected chi connectivity index (χ3v) is 3.92. The first kappa shape index (κ1) is 19.2. The summed E-state index contributed by atoms with van der Waals surface area (Å²) in [4.78, 5) is 27.9. The summed E-state index contributed by atoms with van der Waals surface area (Å²) in [5.41, 5.74) is 2.47. The molecule has 0 aromatic heterocycles. The van der Waals surface area contributed by atoms with Crippen molar-refractivity contribution in [3.05, 3.63) is 58.8 Å². The van der Waals surface area contributed by atoms with Gasteiger partial charge >= 0.3 is 11.9 Å². The first-order valence-corrected chi connectivity index (χ1v) is 8.45. The van der Waals surface area contributed by atoms with E-state index in [1.807, 2.05) is 31.2 Å². The van der Waals surface area contributed by atoms with Crippen molar-refractivity contribution in [3.63, 3.8) is 0 Å². The number of aryl methyl sites for hydroxylation is 1. The van der Waals surface area contributed by atoms with Crippen LogP contribution in [-0.4, -0.2) is 32.1 Å². The molecule has 3 rings (SSSR count). The Bertz CT molecular complexity index is 981. The third kappa shape index (κ3) is 4.03. The Kier molecular flexibility index (Phi) is 5.44. The second-order valence-corrected chi connectivity index (χ2v) is 6.05. The van der Waals surface area contributed by atoms with Crippen molar-refractivity contribution in [2.45, 2.75) is 13.8 Å². The van der Waals surface area contributed by atoms with Crippen LogP contribution in [0.5, 0.6) is 17.2 Å². The average molecular weight is 381 g/mol. The van der Waals surface area contributed by atoms with E-state index in [9.17, 15) is 9.59 Å². The van der Waals surface area contributed by atoms with E-state index in [1.165, 1.54) is 21.1 Å². The number of aliphatic imine (C=N–C) groups is 1. The van der Waals surface area contributed by atoms with Crippen molar-refractivity contribution in [3.8, 4) is 17.2 Å². The molecule has 0 spiro atoms. The number of nitrogens with zero attached hydrogens (tertiary/aromatic N) is 1. The van der Waals surface area contributed by atoms with E-state index in [0.29, 0.717) is 5.56 Å². The van der Waals surface area contributed by atoms with Crippen LogP contribution < -0.4 is 14.2 Å². The number of carbonyl (C=O) groups excluding carboxylic acids is 2. The van der Waals surface area contributed by atoms with Crippen LogP contribution in [0.1, 0.15) is 23.6 Å². The molecule has 0 saturated heterocycles.